The normalized spacial score (nSPS) is 16.1. The SMILES string of the molecule is Cc1nc(NN)cc(NC2CCC2)n1. The Labute approximate surface area is 83.1 Å². The molecule has 1 aliphatic rings. The minimum Gasteiger partial charge on any atom is -0.367 e. The Hall–Kier alpha value is -1.36. The van der Waals surface area contributed by atoms with Crippen LogP contribution in [0, 0.1) is 6.92 Å². The molecule has 1 saturated carbocycles. The highest BCUT2D eigenvalue weighted by molar-refractivity contribution is 5.47. The first-order valence-corrected chi connectivity index (χ1v) is 4.87. The number of nitrogen functional groups attached to an aromatic ring is 1. The molecule has 14 heavy (non-hydrogen) atoms. The molecule has 1 aromatic rings. The fourth-order valence-corrected chi connectivity index (χ4v) is 1.48. The van der Waals surface area contributed by atoms with E-state index < -0.39 is 0 Å². The van der Waals surface area contributed by atoms with Gasteiger partial charge in [-0.15, -0.1) is 0 Å². The van der Waals surface area contributed by atoms with E-state index in [-0.39, 0.29) is 0 Å². The van der Waals surface area contributed by atoms with E-state index in [0.29, 0.717) is 11.9 Å². The summed E-state index contributed by atoms with van der Waals surface area (Å²) < 4.78 is 0. The van der Waals surface area contributed by atoms with Crippen LogP contribution < -0.4 is 16.6 Å². The monoisotopic (exact) mass is 193 g/mol. The Morgan fingerprint density at radius 2 is 2.07 bits per heavy atom. The molecule has 1 fully saturated rings. The molecule has 5 heteroatoms. The van der Waals surface area contributed by atoms with Crippen LogP contribution in [0.1, 0.15) is 25.1 Å². The summed E-state index contributed by atoms with van der Waals surface area (Å²) in [6, 6.07) is 2.40. The zero-order valence-electron chi connectivity index (χ0n) is 8.25. The van der Waals surface area contributed by atoms with E-state index in [9.17, 15) is 0 Å². The molecule has 1 aromatic heterocycles. The first kappa shape index (κ1) is 9.21. The van der Waals surface area contributed by atoms with Crippen molar-refractivity contribution in [3.05, 3.63) is 11.9 Å². The summed E-state index contributed by atoms with van der Waals surface area (Å²) in [5, 5.41) is 3.35. The highest BCUT2D eigenvalue weighted by Crippen LogP contribution is 2.22. The molecule has 0 amide bonds. The van der Waals surface area contributed by atoms with Crippen molar-refractivity contribution >= 4 is 11.6 Å². The number of rotatable bonds is 3. The van der Waals surface area contributed by atoms with Gasteiger partial charge in [-0.2, -0.15) is 0 Å². The van der Waals surface area contributed by atoms with Gasteiger partial charge in [0.15, 0.2) is 0 Å². The van der Waals surface area contributed by atoms with Crippen LogP contribution in [0.25, 0.3) is 0 Å². The predicted molar refractivity (Wildman–Crippen MR) is 55.8 cm³/mol. The second kappa shape index (κ2) is 3.79. The summed E-state index contributed by atoms with van der Waals surface area (Å²) in [5.41, 5.74) is 2.53. The van der Waals surface area contributed by atoms with E-state index in [1.54, 1.807) is 0 Å². The average Bonchev–Trinajstić information content (AvgIpc) is 2.10. The van der Waals surface area contributed by atoms with E-state index in [1.807, 2.05) is 13.0 Å². The van der Waals surface area contributed by atoms with Crippen molar-refractivity contribution in [3.63, 3.8) is 0 Å². The van der Waals surface area contributed by atoms with Gasteiger partial charge >= 0.3 is 0 Å². The van der Waals surface area contributed by atoms with Gasteiger partial charge in [0.05, 0.1) is 0 Å². The van der Waals surface area contributed by atoms with E-state index in [0.717, 1.165) is 11.6 Å². The third-order valence-corrected chi connectivity index (χ3v) is 2.44. The molecule has 0 aliphatic heterocycles. The molecule has 5 nitrogen and oxygen atoms in total. The third-order valence-electron chi connectivity index (χ3n) is 2.44. The van der Waals surface area contributed by atoms with Gasteiger partial charge in [-0.25, -0.2) is 15.8 Å². The molecule has 1 aliphatic carbocycles. The fraction of sp³-hybridized carbons (Fsp3) is 0.556. The molecule has 1 heterocycles. The molecule has 4 N–H and O–H groups in total. The lowest BCUT2D eigenvalue weighted by atomic mass is 9.93. The van der Waals surface area contributed by atoms with Crippen LogP contribution >= 0.6 is 0 Å². The van der Waals surface area contributed by atoms with Crippen LogP contribution in [-0.2, 0) is 0 Å². The van der Waals surface area contributed by atoms with Crippen molar-refractivity contribution < 1.29 is 0 Å². The van der Waals surface area contributed by atoms with Crippen molar-refractivity contribution in [2.45, 2.75) is 32.2 Å². The van der Waals surface area contributed by atoms with Crippen LogP contribution in [0.15, 0.2) is 6.07 Å². The number of aromatic nitrogens is 2. The topological polar surface area (TPSA) is 75.9 Å². The van der Waals surface area contributed by atoms with Crippen molar-refractivity contribution in [2.75, 3.05) is 10.7 Å². The van der Waals surface area contributed by atoms with Gasteiger partial charge in [0, 0.05) is 12.1 Å². The molecule has 76 valence electrons. The molecule has 0 radical (unpaired) electrons. The first-order chi connectivity index (χ1) is 6.78. The maximum Gasteiger partial charge on any atom is 0.145 e. The van der Waals surface area contributed by atoms with Crippen LogP contribution in [0.5, 0.6) is 0 Å². The van der Waals surface area contributed by atoms with Crippen LogP contribution in [0.2, 0.25) is 0 Å². The minimum absolute atomic E-state index is 0.579. The van der Waals surface area contributed by atoms with Gasteiger partial charge in [-0.1, -0.05) is 0 Å². The number of hydrogen-bond acceptors (Lipinski definition) is 5. The average molecular weight is 193 g/mol. The number of nitrogens with one attached hydrogen (secondary N) is 2. The van der Waals surface area contributed by atoms with Gasteiger partial charge < -0.3 is 10.7 Å². The lowest BCUT2D eigenvalue weighted by Crippen LogP contribution is -2.27. The maximum atomic E-state index is 5.30. The molecule has 0 bridgehead atoms. The number of hydrogen-bond donors (Lipinski definition) is 3. The zero-order valence-corrected chi connectivity index (χ0v) is 8.25. The second-order valence-corrected chi connectivity index (χ2v) is 3.60. The number of anilines is 2. The maximum absolute atomic E-state index is 5.30. The van der Waals surface area contributed by atoms with E-state index in [4.69, 9.17) is 5.84 Å². The van der Waals surface area contributed by atoms with E-state index in [2.05, 4.69) is 20.7 Å². The minimum atomic E-state index is 0.579. The smallest absolute Gasteiger partial charge is 0.145 e. The first-order valence-electron chi connectivity index (χ1n) is 4.87. The van der Waals surface area contributed by atoms with Crippen LogP contribution in [0.4, 0.5) is 11.6 Å². The highest BCUT2D eigenvalue weighted by atomic mass is 15.3. The lowest BCUT2D eigenvalue weighted by Gasteiger charge is -2.27. The van der Waals surface area contributed by atoms with Gasteiger partial charge in [0.25, 0.3) is 0 Å². The summed E-state index contributed by atoms with van der Waals surface area (Å²) in [7, 11) is 0. The Morgan fingerprint density at radius 1 is 1.36 bits per heavy atom. The third kappa shape index (κ3) is 1.93. The number of nitrogens with zero attached hydrogens (tertiary/aromatic N) is 2. The number of nitrogens with two attached hydrogens (primary N) is 1. The van der Waals surface area contributed by atoms with Crippen LogP contribution in [-0.4, -0.2) is 16.0 Å². The molecule has 0 saturated heterocycles. The number of hydrazine groups is 1. The number of aryl methyl sites for hydroxylation is 1. The van der Waals surface area contributed by atoms with Gasteiger partial charge in [-0.3, -0.25) is 0 Å². The van der Waals surface area contributed by atoms with Crippen molar-refractivity contribution in [3.8, 4) is 0 Å². The van der Waals surface area contributed by atoms with E-state index >= 15 is 0 Å². The molecular formula is C9H15N5. The molecule has 0 spiro atoms. The quantitative estimate of drug-likeness (QED) is 0.494. The second-order valence-electron chi connectivity index (χ2n) is 3.60. The Morgan fingerprint density at radius 3 is 2.64 bits per heavy atom. The lowest BCUT2D eigenvalue weighted by molar-refractivity contribution is 0.444. The summed E-state index contributed by atoms with van der Waals surface area (Å²) in [4.78, 5) is 8.40. The van der Waals surface area contributed by atoms with Crippen molar-refractivity contribution in [1.29, 1.82) is 0 Å². The molecule has 0 unspecified atom stereocenters. The molecule has 0 atom stereocenters. The standard InChI is InChI=1S/C9H15N5/c1-6-11-8(5-9(12-6)14-10)13-7-3-2-4-7/h5,7H,2-4,10H2,1H3,(H2,11,12,13,14). The Kier molecular flexibility index (Phi) is 2.49. The van der Waals surface area contributed by atoms with E-state index in [1.165, 1.54) is 19.3 Å². The highest BCUT2D eigenvalue weighted by Gasteiger charge is 2.17. The Bertz CT molecular complexity index is 321. The van der Waals surface area contributed by atoms with Gasteiger partial charge in [0.1, 0.15) is 17.5 Å². The summed E-state index contributed by atoms with van der Waals surface area (Å²) >= 11 is 0. The largest absolute Gasteiger partial charge is 0.367 e. The van der Waals surface area contributed by atoms with Crippen molar-refractivity contribution in [1.82, 2.24) is 9.97 Å². The fourth-order valence-electron chi connectivity index (χ4n) is 1.48. The molecule has 2 rings (SSSR count). The Balaban J connectivity index is 2.11. The summed E-state index contributed by atoms with van der Waals surface area (Å²) in [6.07, 6.45) is 3.77. The van der Waals surface area contributed by atoms with Gasteiger partial charge in [0.2, 0.25) is 0 Å². The summed E-state index contributed by atoms with van der Waals surface area (Å²) in [5.74, 6) is 7.53. The zero-order chi connectivity index (χ0) is 9.97. The van der Waals surface area contributed by atoms with Gasteiger partial charge in [-0.05, 0) is 26.2 Å². The predicted octanol–water partition coefficient (Wildman–Crippen LogP) is 1.04. The van der Waals surface area contributed by atoms with Crippen LogP contribution in [0.3, 0.4) is 0 Å². The van der Waals surface area contributed by atoms with Crippen molar-refractivity contribution in [2.24, 2.45) is 5.84 Å². The molecule has 0 aromatic carbocycles. The summed E-state index contributed by atoms with van der Waals surface area (Å²) in [6.45, 7) is 1.85. The molecular weight excluding hydrogens is 178 g/mol.